The van der Waals surface area contributed by atoms with Crippen LogP contribution in [0.2, 0.25) is 0 Å². The molecule has 1 aromatic carbocycles. The molecule has 0 saturated carbocycles. The molecule has 3 rings (SSSR count). The number of para-hydroxylation sites is 1. The molecule has 0 spiro atoms. The van der Waals surface area contributed by atoms with Gasteiger partial charge in [0.25, 0.3) is 0 Å². The Balaban J connectivity index is 2.02. The average molecular weight is 295 g/mol. The van der Waals surface area contributed by atoms with E-state index in [1.807, 2.05) is 47.8 Å². The van der Waals surface area contributed by atoms with Crippen molar-refractivity contribution in [2.24, 2.45) is 19.1 Å². The molecule has 0 aliphatic carbocycles. The second kappa shape index (κ2) is 5.85. The van der Waals surface area contributed by atoms with Gasteiger partial charge in [-0.1, -0.05) is 12.1 Å². The number of phenolic OH excluding ortho intramolecular Hbond substituents is 1. The summed E-state index contributed by atoms with van der Waals surface area (Å²) in [6, 6.07) is 6.75. The SMILES string of the molecule is Cn1ccnc1C(N=Cc1ccccc1O)c1nccn1C. The Morgan fingerprint density at radius 2 is 1.64 bits per heavy atom. The van der Waals surface area contributed by atoms with E-state index in [0.29, 0.717) is 5.56 Å². The van der Waals surface area contributed by atoms with Crippen LogP contribution >= 0.6 is 0 Å². The van der Waals surface area contributed by atoms with Crippen molar-refractivity contribution in [3.05, 3.63) is 66.3 Å². The molecule has 6 heteroatoms. The highest BCUT2D eigenvalue weighted by Gasteiger charge is 2.20. The molecule has 0 amide bonds. The lowest BCUT2D eigenvalue weighted by molar-refractivity contribution is 0.474. The van der Waals surface area contributed by atoms with Crippen LogP contribution in [-0.2, 0) is 14.1 Å². The van der Waals surface area contributed by atoms with Gasteiger partial charge < -0.3 is 14.2 Å². The van der Waals surface area contributed by atoms with E-state index in [1.54, 1.807) is 30.7 Å². The number of aromatic nitrogens is 4. The summed E-state index contributed by atoms with van der Waals surface area (Å²) in [4.78, 5) is 13.4. The van der Waals surface area contributed by atoms with Crippen LogP contribution in [0, 0.1) is 0 Å². The van der Waals surface area contributed by atoms with Gasteiger partial charge in [-0.05, 0) is 12.1 Å². The molecule has 22 heavy (non-hydrogen) atoms. The molecule has 1 N–H and O–H groups in total. The highest BCUT2D eigenvalue weighted by atomic mass is 16.3. The third-order valence-electron chi connectivity index (χ3n) is 3.51. The topological polar surface area (TPSA) is 68.2 Å². The molecule has 0 fully saturated rings. The van der Waals surface area contributed by atoms with Crippen molar-refractivity contribution in [3.63, 3.8) is 0 Å². The fourth-order valence-electron chi connectivity index (χ4n) is 2.28. The minimum absolute atomic E-state index is 0.199. The number of nitrogens with zero attached hydrogens (tertiary/aromatic N) is 5. The van der Waals surface area contributed by atoms with Crippen LogP contribution in [0.15, 0.2) is 54.0 Å². The number of aromatic hydroxyl groups is 1. The predicted molar refractivity (Wildman–Crippen MR) is 84.0 cm³/mol. The van der Waals surface area contributed by atoms with Crippen LogP contribution < -0.4 is 0 Å². The minimum Gasteiger partial charge on any atom is -0.507 e. The van der Waals surface area contributed by atoms with E-state index in [0.717, 1.165) is 11.6 Å². The summed E-state index contributed by atoms with van der Waals surface area (Å²) in [6.07, 6.45) is 8.88. The monoisotopic (exact) mass is 295 g/mol. The molecular weight excluding hydrogens is 278 g/mol. The Morgan fingerprint density at radius 3 is 2.14 bits per heavy atom. The largest absolute Gasteiger partial charge is 0.507 e. The van der Waals surface area contributed by atoms with Crippen LogP contribution in [0.4, 0.5) is 0 Å². The molecule has 0 atom stereocenters. The highest BCUT2D eigenvalue weighted by Crippen LogP contribution is 2.23. The van der Waals surface area contributed by atoms with E-state index in [-0.39, 0.29) is 11.8 Å². The second-order valence-corrected chi connectivity index (χ2v) is 5.03. The van der Waals surface area contributed by atoms with Crippen molar-refractivity contribution in [2.75, 3.05) is 0 Å². The number of aryl methyl sites for hydroxylation is 2. The van der Waals surface area contributed by atoms with Crippen LogP contribution in [0.1, 0.15) is 23.3 Å². The standard InChI is InChI=1S/C16H17N5O/c1-20-9-7-17-15(20)14(16-18-8-10-21(16)2)19-11-12-5-3-4-6-13(12)22/h3-11,14,22H,1-2H3. The number of hydrogen-bond acceptors (Lipinski definition) is 4. The van der Waals surface area contributed by atoms with Crippen molar-refractivity contribution in [1.82, 2.24) is 19.1 Å². The fourth-order valence-corrected chi connectivity index (χ4v) is 2.28. The number of aliphatic imine (C=N–C) groups is 1. The summed E-state index contributed by atoms with van der Waals surface area (Å²) in [5, 5.41) is 9.86. The molecule has 3 aromatic rings. The maximum atomic E-state index is 9.86. The van der Waals surface area contributed by atoms with Gasteiger partial charge in [0.15, 0.2) is 6.04 Å². The Kier molecular flexibility index (Phi) is 3.74. The number of imidazole rings is 2. The summed E-state index contributed by atoms with van der Waals surface area (Å²) >= 11 is 0. The first-order valence-corrected chi connectivity index (χ1v) is 6.92. The third-order valence-corrected chi connectivity index (χ3v) is 3.51. The summed E-state index contributed by atoms with van der Waals surface area (Å²) in [6.45, 7) is 0. The van der Waals surface area contributed by atoms with E-state index in [2.05, 4.69) is 15.0 Å². The van der Waals surface area contributed by atoms with Gasteiger partial charge in [0.1, 0.15) is 17.4 Å². The Hall–Kier alpha value is -2.89. The van der Waals surface area contributed by atoms with E-state index < -0.39 is 0 Å². The van der Waals surface area contributed by atoms with E-state index in [9.17, 15) is 5.11 Å². The molecule has 0 aliphatic heterocycles. The first kappa shape index (κ1) is 14.1. The van der Waals surface area contributed by atoms with Gasteiger partial charge in [-0.15, -0.1) is 0 Å². The molecular formula is C16H17N5O. The van der Waals surface area contributed by atoms with Gasteiger partial charge in [0, 0.05) is 50.7 Å². The molecule has 0 saturated heterocycles. The zero-order chi connectivity index (χ0) is 15.5. The third kappa shape index (κ3) is 2.63. The van der Waals surface area contributed by atoms with Crippen LogP contribution in [0.5, 0.6) is 5.75 Å². The number of hydrogen-bond donors (Lipinski definition) is 1. The summed E-state index contributed by atoms with van der Waals surface area (Å²) in [5.41, 5.74) is 0.663. The molecule has 6 nitrogen and oxygen atoms in total. The number of benzene rings is 1. The lowest BCUT2D eigenvalue weighted by Gasteiger charge is -2.12. The van der Waals surface area contributed by atoms with Gasteiger partial charge >= 0.3 is 0 Å². The van der Waals surface area contributed by atoms with E-state index in [1.165, 1.54) is 0 Å². The Labute approximate surface area is 128 Å². The molecule has 2 aromatic heterocycles. The number of phenols is 1. The maximum absolute atomic E-state index is 9.86. The van der Waals surface area contributed by atoms with Gasteiger partial charge in [0.05, 0.1) is 0 Å². The van der Waals surface area contributed by atoms with Gasteiger partial charge in [-0.25, -0.2) is 9.97 Å². The lowest BCUT2D eigenvalue weighted by atomic mass is 10.2. The van der Waals surface area contributed by atoms with Crippen molar-refractivity contribution in [3.8, 4) is 5.75 Å². The van der Waals surface area contributed by atoms with Crippen molar-refractivity contribution in [2.45, 2.75) is 6.04 Å². The van der Waals surface area contributed by atoms with Crippen molar-refractivity contribution in [1.29, 1.82) is 0 Å². The highest BCUT2D eigenvalue weighted by molar-refractivity contribution is 5.83. The van der Waals surface area contributed by atoms with Crippen LogP contribution in [0.25, 0.3) is 0 Å². The fraction of sp³-hybridized carbons (Fsp3) is 0.188. The van der Waals surface area contributed by atoms with Crippen molar-refractivity contribution >= 4 is 6.21 Å². The molecule has 0 unspecified atom stereocenters. The van der Waals surface area contributed by atoms with Gasteiger partial charge in [-0.2, -0.15) is 0 Å². The van der Waals surface area contributed by atoms with Crippen LogP contribution in [-0.4, -0.2) is 30.4 Å². The number of rotatable bonds is 4. The van der Waals surface area contributed by atoms with E-state index in [4.69, 9.17) is 0 Å². The molecule has 0 bridgehead atoms. The smallest absolute Gasteiger partial charge is 0.165 e. The normalized spacial score (nSPS) is 11.6. The van der Waals surface area contributed by atoms with Gasteiger partial charge in [0.2, 0.25) is 0 Å². The second-order valence-electron chi connectivity index (χ2n) is 5.03. The molecule has 0 aliphatic rings. The summed E-state index contributed by atoms with van der Waals surface area (Å²) in [7, 11) is 3.85. The van der Waals surface area contributed by atoms with E-state index >= 15 is 0 Å². The zero-order valence-electron chi connectivity index (χ0n) is 12.5. The Morgan fingerprint density at radius 1 is 1.05 bits per heavy atom. The quantitative estimate of drug-likeness (QED) is 0.749. The zero-order valence-corrected chi connectivity index (χ0v) is 12.5. The van der Waals surface area contributed by atoms with Crippen molar-refractivity contribution < 1.29 is 5.11 Å². The predicted octanol–water partition coefficient (Wildman–Crippen LogP) is 2.07. The molecule has 112 valence electrons. The first-order chi connectivity index (χ1) is 10.7. The maximum Gasteiger partial charge on any atom is 0.165 e. The van der Waals surface area contributed by atoms with Gasteiger partial charge in [-0.3, -0.25) is 4.99 Å². The van der Waals surface area contributed by atoms with Crippen LogP contribution in [0.3, 0.4) is 0 Å². The minimum atomic E-state index is -0.334. The average Bonchev–Trinajstić information content (AvgIpc) is 3.11. The lowest BCUT2D eigenvalue weighted by Crippen LogP contribution is -2.11. The summed E-state index contributed by atoms with van der Waals surface area (Å²) in [5.74, 6) is 1.78. The summed E-state index contributed by atoms with van der Waals surface area (Å²) < 4.78 is 3.84. The first-order valence-electron chi connectivity index (χ1n) is 6.92. The molecule has 0 radical (unpaired) electrons. The molecule has 2 heterocycles. The Bertz CT molecular complexity index is 762.